The summed E-state index contributed by atoms with van der Waals surface area (Å²) in [5.41, 5.74) is 3.09. The molecule has 1 aromatic carbocycles. The smallest absolute Gasteiger partial charge is 0.234 e. The highest BCUT2D eigenvalue weighted by Gasteiger charge is 2.58. The Bertz CT molecular complexity index is 1270. The van der Waals surface area contributed by atoms with Crippen molar-refractivity contribution in [2.24, 2.45) is 17.8 Å². The van der Waals surface area contributed by atoms with Crippen molar-refractivity contribution in [1.82, 2.24) is 4.90 Å². The zero-order valence-electron chi connectivity index (χ0n) is 20.1. The van der Waals surface area contributed by atoms with Gasteiger partial charge in [-0.05, 0) is 76.6 Å². The monoisotopic (exact) mass is 459 g/mol. The number of ketones is 2. The van der Waals surface area contributed by atoms with Gasteiger partial charge in [-0.25, -0.2) is 0 Å². The van der Waals surface area contributed by atoms with Gasteiger partial charge in [0.15, 0.2) is 11.6 Å². The Morgan fingerprint density at radius 2 is 1.71 bits per heavy atom. The van der Waals surface area contributed by atoms with Crippen LogP contribution < -0.4 is 0 Å². The van der Waals surface area contributed by atoms with Crippen molar-refractivity contribution in [1.29, 1.82) is 0 Å². The molecule has 3 aliphatic carbocycles. The standard InChI is InChI=1S/C28H29NO5/c1-13-10-15(6-9-20(13)30)22-16-7-8-17-23(27(34)29(26(17)33)28(3,4)5)18(16)12-19-24(22)21(31)11-14(2)25(19)32/h6-7,9-11,17-18,22-23,30H,8,12H2,1-5H3/t17-,18+,22-,23-/m0/s1. The first-order valence-corrected chi connectivity index (χ1v) is 11.8. The maximum absolute atomic E-state index is 13.6. The summed E-state index contributed by atoms with van der Waals surface area (Å²) in [6.45, 7) is 9.00. The number of benzene rings is 1. The van der Waals surface area contributed by atoms with Crippen LogP contribution in [0.25, 0.3) is 0 Å². The normalized spacial score (nSPS) is 29.0. The number of aryl methyl sites for hydroxylation is 1. The number of hydrogen-bond donors (Lipinski definition) is 1. The lowest BCUT2D eigenvalue weighted by Gasteiger charge is -2.42. The summed E-state index contributed by atoms with van der Waals surface area (Å²) in [6, 6.07) is 5.22. The second kappa shape index (κ2) is 7.36. The van der Waals surface area contributed by atoms with Gasteiger partial charge in [-0.1, -0.05) is 23.8 Å². The van der Waals surface area contributed by atoms with E-state index in [1.807, 2.05) is 32.9 Å². The van der Waals surface area contributed by atoms with Crippen molar-refractivity contribution in [2.45, 2.75) is 58.9 Å². The third-order valence-corrected chi connectivity index (χ3v) is 7.79. The van der Waals surface area contributed by atoms with Gasteiger partial charge in [-0.15, -0.1) is 0 Å². The van der Waals surface area contributed by atoms with E-state index < -0.39 is 23.3 Å². The Hall–Kier alpha value is -3.28. The number of phenolic OH excluding ortho intramolecular Hbond substituents is 1. The zero-order valence-corrected chi connectivity index (χ0v) is 20.1. The number of Topliss-reactive ketones (excluding diaryl/α,β-unsaturated/α-hetero) is 1. The van der Waals surface area contributed by atoms with Crippen LogP contribution in [0.5, 0.6) is 5.75 Å². The van der Waals surface area contributed by atoms with Crippen LogP contribution in [-0.4, -0.2) is 38.9 Å². The summed E-state index contributed by atoms with van der Waals surface area (Å²) in [7, 11) is 0. The van der Waals surface area contributed by atoms with Crippen LogP contribution in [0, 0.1) is 24.7 Å². The van der Waals surface area contributed by atoms with Crippen molar-refractivity contribution < 1.29 is 24.3 Å². The predicted molar refractivity (Wildman–Crippen MR) is 126 cm³/mol. The van der Waals surface area contributed by atoms with E-state index in [1.165, 1.54) is 11.0 Å². The van der Waals surface area contributed by atoms with E-state index in [4.69, 9.17) is 0 Å². The van der Waals surface area contributed by atoms with Crippen molar-refractivity contribution in [2.75, 3.05) is 0 Å². The second-order valence-electron chi connectivity index (χ2n) is 11.0. The van der Waals surface area contributed by atoms with Gasteiger partial charge in [-0.3, -0.25) is 24.1 Å². The summed E-state index contributed by atoms with van der Waals surface area (Å²) >= 11 is 0. The number of hydrogen-bond acceptors (Lipinski definition) is 5. The molecule has 6 nitrogen and oxygen atoms in total. The lowest BCUT2D eigenvalue weighted by Crippen LogP contribution is -2.46. The molecule has 5 rings (SSSR count). The summed E-state index contributed by atoms with van der Waals surface area (Å²) in [5.74, 6) is -2.35. The molecule has 1 aliphatic heterocycles. The highest BCUT2D eigenvalue weighted by molar-refractivity contribution is 6.23. The predicted octanol–water partition coefficient (Wildman–Crippen LogP) is 3.93. The molecule has 0 unspecified atom stereocenters. The molecule has 1 N–H and O–H groups in total. The maximum Gasteiger partial charge on any atom is 0.234 e. The first-order valence-electron chi connectivity index (χ1n) is 11.8. The van der Waals surface area contributed by atoms with Gasteiger partial charge in [0.25, 0.3) is 0 Å². The van der Waals surface area contributed by atoms with E-state index in [1.54, 1.807) is 26.0 Å². The second-order valence-corrected chi connectivity index (χ2v) is 11.0. The number of nitrogens with zero attached hydrogens (tertiary/aromatic N) is 1. The number of carbonyl (C=O) groups excluding carboxylic acids is 4. The van der Waals surface area contributed by atoms with E-state index in [2.05, 4.69) is 0 Å². The summed E-state index contributed by atoms with van der Waals surface area (Å²) in [6.07, 6.45) is 4.13. The minimum atomic E-state index is -0.631. The van der Waals surface area contributed by atoms with Gasteiger partial charge in [0.2, 0.25) is 11.8 Å². The van der Waals surface area contributed by atoms with E-state index >= 15 is 0 Å². The van der Waals surface area contributed by atoms with Crippen LogP contribution in [-0.2, 0) is 19.2 Å². The number of rotatable bonds is 1. The molecule has 1 aromatic rings. The minimum absolute atomic E-state index is 0.155. The number of carbonyl (C=O) groups is 4. The molecule has 1 saturated heterocycles. The highest BCUT2D eigenvalue weighted by Crippen LogP contribution is 2.55. The largest absolute Gasteiger partial charge is 0.508 e. The fourth-order valence-corrected chi connectivity index (χ4v) is 6.28. The summed E-state index contributed by atoms with van der Waals surface area (Å²) in [5, 5.41) is 10.1. The Kier molecular flexibility index (Phi) is 4.87. The van der Waals surface area contributed by atoms with E-state index in [0.29, 0.717) is 28.7 Å². The molecule has 0 spiro atoms. The van der Waals surface area contributed by atoms with Gasteiger partial charge in [-0.2, -0.15) is 0 Å². The molecule has 176 valence electrons. The number of aromatic hydroxyl groups is 1. The minimum Gasteiger partial charge on any atom is -0.508 e. The van der Waals surface area contributed by atoms with Crippen LogP contribution in [0.2, 0.25) is 0 Å². The molecule has 0 saturated carbocycles. The number of allylic oxidation sites excluding steroid dienone is 6. The Morgan fingerprint density at radius 3 is 2.35 bits per heavy atom. The number of fused-ring (bicyclic) bond motifs is 3. The first-order chi connectivity index (χ1) is 15.9. The fourth-order valence-electron chi connectivity index (χ4n) is 6.28. The third kappa shape index (κ3) is 3.07. The molecule has 0 radical (unpaired) electrons. The molecule has 1 fully saturated rings. The lowest BCUT2D eigenvalue weighted by atomic mass is 9.59. The van der Waals surface area contributed by atoms with Gasteiger partial charge >= 0.3 is 0 Å². The van der Waals surface area contributed by atoms with E-state index in [9.17, 15) is 24.3 Å². The van der Waals surface area contributed by atoms with Gasteiger partial charge in [0.1, 0.15) is 5.75 Å². The van der Waals surface area contributed by atoms with Crippen LogP contribution in [0.15, 0.2) is 52.6 Å². The van der Waals surface area contributed by atoms with Crippen molar-refractivity contribution in [3.63, 3.8) is 0 Å². The van der Waals surface area contributed by atoms with Crippen LogP contribution in [0.4, 0.5) is 0 Å². The summed E-state index contributed by atoms with van der Waals surface area (Å²) < 4.78 is 0. The molecule has 2 amide bonds. The van der Waals surface area contributed by atoms with Gasteiger partial charge < -0.3 is 5.11 Å². The number of likely N-dealkylation sites (tertiary alicyclic amines) is 1. The first kappa shape index (κ1) is 22.5. The maximum atomic E-state index is 13.6. The average molecular weight is 460 g/mol. The molecule has 0 bridgehead atoms. The molecular formula is C28H29NO5. The van der Waals surface area contributed by atoms with E-state index in [-0.39, 0.29) is 41.5 Å². The van der Waals surface area contributed by atoms with Crippen molar-refractivity contribution in [3.05, 3.63) is 63.8 Å². The number of phenols is 1. The SMILES string of the molecule is CC1=CC(=O)C2=C(C[C@@H]3C(=CC[C@@H]4C(=O)N(C(C)(C)C)C(=O)[C@@H]43)[C@@H]2c2ccc(O)c(C)c2)C1=O. The molecule has 1 heterocycles. The third-order valence-electron chi connectivity index (χ3n) is 7.79. The Labute approximate surface area is 199 Å². The van der Waals surface area contributed by atoms with Crippen LogP contribution in [0.3, 0.4) is 0 Å². The molecule has 6 heteroatoms. The highest BCUT2D eigenvalue weighted by atomic mass is 16.3. The molecular weight excluding hydrogens is 430 g/mol. The van der Waals surface area contributed by atoms with E-state index in [0.717, 1.165) is 11.1 Å². The molecule has 0 aromatic heterocycles. The number of amides is 2. The van der Waals surface area contributed by atoms with Crippen LogP contribution >= 0.6 is 0 Å². The topological polar surface area (TPSA) is 91.8 Å². The zero-order chi connectivity index (χ0) is 24.7. The Balaban J connectivity index is 1.69. The Morgan fingerprint density at radius 1 is 1.00 bits per heavy atom. The van der Waals surface area contributed by atoms with Crippen molar-refractivity contribution >= 4 is 23.4 Å². The van der Waals surface area contributed by atoms with Crippen LogP contribution in [0.1, 0.15) is 57.6 Å². The lowest BCUT2D eigenvalue weighted by molar-refractivity contribution is -0.145. The van der Waals surface area contributed by atoms with Crippen molar-refractivity contribution in [3.8, 4) is 5.75 Å². The fraction of sp³-hybridized carbons (Fsp3) is 0.429. The molecule has 34 heavy (non-hydrogen) atoms. The average Bonchev–Trinajstić information content (AvgIpc) is 3.03. The number of imide groups is 1. The quantitative estimate of drug-likeness (QED) is 0.390. The van der Waals surface area contributed by atoms with Gasteiger partial charge in [0.05, 0.1) is 11.8 Å². The van der Waals surface area contributed by atoms with Gasteiger partial charge in [0, 0.05) is 28.2 Å². The summed E-state index contributed by atoms with van der Waals surface area (Å²) in [4.78, 5) is 54.8. The molecule has 4 aliphatic rings. The molecule has 4 atom stereocenters.